The van der Waals surface area contributed by atoms with Gasteiger partial charge in [-0.2, -0.15) is 0 Å². The Hall–Kier alpha value is -3.91. The molecule has 39 heavy (non-hydrogen) atoms. The summed E-state index contributed by atoms with van der Waals surface area (Å²) in [5.41, 5.74) is -1.27. The highest BCUT2D eigenvalue weighted by atomic mass is 19.1. The molecule has 2 rings (SSSR count). The molecule has 2 atom stereocenters. The molecule has 1 aromatic rings. The molecule has 0 aromatic carbocycles. The van der Waals surface area contributed by atoms with Crippen LogP contribution in [0.15, 0.2) is 6.20 Å². The molecule has 1 aromatic heterocycles. The van der Waals surface area contributed by atoms with Crippen molar-refractivity contribution >= 4 is 35.8 Å². The third-order valence-electron chi connectivity index (χ3n) is 6.97. The van der Waals surface area contributed by atoms with Gasteiger partial charge < -0.3 is 15.3 Å². The van der Waals surface area contributed by atoms with Crippen LogP contribution in [0.3, 0.4) is 0 Å². The Balaban J connectivity index is 2.30. The van der Waals surface area contributed by atoms with Crippen molar-refractivity contribution in [3.8, 4) is 0 Å². The minimum Gasteiger partial charge on any atom is -0.481 e. The van der Waals surface area contributed by atoms with E-state index in [4.69, 9.17) is 5.11 Å². The second-order valence-electron chi connectivity index (χ2n) is 9.32. The summed E-state index contributed by atoms with van der Waals surface area (Å²) in [6.07, 6.45) is 1.25. The van der Waals surface area contributed by atoms with E-state index < -0.39 is 72.8 Å². The smallest absolute Gasteiger partial charge is 0.335 e. The van der Waals surface area contributed by atoms with Gasteiger partial charge in [0.25, 0.3) is 0 Å². The van der Waals surface area contributed by atoms with E-state index in [0.717, 1.165) is 0 Å². The van der Waals surface area contributed by atoms with E-state index in [0.29, 0.717) is 41.3 Å². The summed E-state index contributed by atoms with van der Waals surface area (Å²) >= 11 is 0. The van der Waals surface area contributed by atoms with Gasteiger partial charge in [-0.05, 0) is 51.4 Å². The van der Waals surface area contributed by atoms with Crippen LogP contribution in [-0.2, 0) is 36.9 Å². The molecule has 15 heteroatoms. The van der Waals surface area contributed by atoms with E-state index in [-0.39, 0.29) is 25.7 Å². The van der Waals surface area contributed by atoms with Gasteiger partial charge in [0.1, 0.15) is 17.5 Å². The highest BCUT2D eigenvalue weighted by Gasteiger charge is 2.59. The number of rotatable bonds is 17. The molecule has 3 N–H and O–H groups in total. The zero-order valence-corrected chi connectivity index (χ0v) is 21.9. The van der Waals surface area contributed by atoms with Gasteiger partial charge in [-0.1, -0.05) is 19.1 Å². The monoisotopic (exact) mass is 555 g/mol. The van der Waals surface area contributed by atoms with E-state index in [9.17, 15) is 43.4 Å². The fraction of sp³-hybridized carbons (Fsp3) is 0.667. The second-order valence-corrected chi connectivity index (χ2v) is 9.32. The van der Waals surface area contributed by atoms with E-state index in [2.05, 4.69) is 10.3 Å². The summed E-state index contributed by atoms with van der Waals surface area (Å²) in [7, 11) is 0. The Morgan fingerprint density at radius 1 is 0.923 bits per heavy atom. The van der Waals surface area contributed by atoms with Gasteiger partial charge >= 0.3 is 23.9 Å². The average molecular weight is 556 g/mol. The van der Waals surface area contributed by atoms with Crippen LogP contribution in [-0.4, -0.2) is 94.6 Å². The molecule has 2 unspecified atom stereocenters. The molecule has 1 aliphatic heterocycles. The van der Waals surface area contributed by atoms with Crippen molar-refractivity contribution in [2.45, 2.75) is 90.3 Å². The number of carboxylic acids is 3. The number of imide groups is 2. The first-order chi connectivity index (χ1) is 18.4. The predicted molar refractivity (Wildman–Crippen MR) is 130 cm³/mol. The predicted octanol–water partition coefficient (Wildman–Crippen LogP) is 1.72. The van der Waals surface area contributed by atoms with E-state index >= 15 is 0 Å². The lowest BCUT2D eigenvalue weighted by Gasteiger charge is -2.46. The summed E-state index contributed by atoms with van der Waals surface area (Å²) in [4.78, 5) is 76.5. The number of unbranched alkanes of at least 4 members (excludes halogenated alkanes) is 1. The van der Waals surface area contributed by atoms with Gasteiger partial charge in [0.05, 0.1) is 12.4 Å². The standard InChI is InChI=1S/C24H34FN5O9/c1-3-24(4-2)21(37)29(23(39)30(22(24)38)17(20(35)36)10-11-18(31)32)16(19(33)34)9-5-6-13-28-14-15(26-27-28)8-7-12-25/h14,16-17H,3-13H2,1-2H3,(H,31,32)(H,33,34)(H,35,36). The first-order valence-corrected chi connectivity index (χ1v) is 12.8. The van der Waals surface area contributed by atoms with Gasteiger partial charge in [0, 0.05) is 19.2 Å². The number of alkyl halides is 1. The largest absolute Gasteiger partial charge is 0.481 e. The van der Waals surface area contributed by atoms with Crippen molar-refractivity contribution in [1.29, 1.82) is 0 Å². The number of aryl methyl sites for hydroxylation is 2. The number of hydrogen-bond acceptors (Lipinski definition) is 8. The highest BCUT2D eigenvalue weighted by molar-refractivity contribution is 6.21. The number of aliphatic carboxylic acids is 3. The summed E-state index contributed by atoms with van der Waals surface area (Å²) in [5.74, 6) is -6.64. The van der Waals surface area contributed by atoms with Gasteiger partial charge in [-0.3, -0.25) is 23.5 Å². The van der Waals surface area contributed by atoms with Crippen LogP contribution in [0.25, 0.3) is 0 Å². The SMILES string of the molecule is CCC1(CC)C(=O)N(C(CCCCn2cc(CCCF)nn2)C(=O)O)C(=O)N(C(CCC(=O)O)C(=O)O)C1=O. The Morgan fingerprint density at radius 3 is 1.97 bits per heavy atom. The molecule has 4 amide bonds. The average Bonchev–Trinajstić information content (AvgIpc) is 3.34. The van der Waals surface area contributed by atoms with Gasteiger partial charge in [0.2, 0.25) is 11.8 Å². The minimum atomic E-state index is -1.90. The van der Waals surface area contributed by atoms with Gasteiger partial charge in [-0.15, -0.1) is 5.10 Å². The second kappa shape index (κ2) is 13.8. The number of amides is 4. The highest BCUT2D eigenvalue weighted by Crippen LogP contribution is 2.39. The van der Waals surface area contributed by atoms with Crippen molar-refractivity contribution in [2.75, 3.05) is 6.67 Å². The lowest BCUT2D eigenvalue weighted by atomic mass is 9.77. The lowest BCUT2D eigenvalue weighted by Crippen LogP contribution is -2.70. The fourth-order valence-electron chi connectivity index (χ4n) is 4.66. The number of hydrogen-bond donors (Lipinski definition) is 3. The number of carbonyl (C=O) groups is 6. The minimum absolute atomic E-state index is 0.129. The molecule has 1 saturated heterocycles. The van der Waals surface area contributed by atoms with Gasteiger partial charge in [0.15, 0.2) is 0 Å². The quantitative estimate of drug-likeness (QED) is 0.187. The Labute approximate surface area is 223 Å². The lowest BCUT2D eigenvalue weighted by molar-refractivity contribution is -0.170. The topological polar surface area (TPSA) is 200 Å². The van der Waals surface area contributed by atoms with Crippen molar-refractivity contribution in [3.05, 3.63) is 11.9 Å². The maximum atomic E-state index is 13.5. The third kappa shape index (κ3) is 6.95. The number of carbonyl (C=O) groups excluding carboxylic acids is 3. The van der Waals surface area contributed by atoms with Crippen molar-refractivity contribution in [2.24, 2.45) is 5.41 Å². The molecular weight excluding hydrogens is 521 g/mol. The molecule has 14 nitrogen and oxygen atoms in total. The summed E-state index contributed by atoms with van der Waals surface area (Å²) < 4.78 is 13.9. The number of nitrogens with zero attached hydrogens (tertiary/aromatic N) is 5. The molecule has 0 saturated carbocycles. The number of aromatic nitrogens is 3. The number of halogens is 1. The molecule has 1 aliphatic rings. The third-order valence-corrected chi connectivity index (χ3v) is 6.97. The summed E-state index contributed by atoms with van der Waals surface area (Å²) in [6.45, 7) is 2.85. The molecule has 0 spiro atoms. The molecule has 0 radical (unpaired) electrons. The van der Waals surface area contributed by atoms with Crippen molar-refractivity contribution < 1.29 is 48.5 Å². The number of urea groups is 1. The zero-order chi connectivity index (χ0) is 29.3. The van der Waals surface area contributed by atoms with Crippen molar-refractivity contribution in [1.82, 2.24) is 24.8 Å². The van der Waals surface area contributed by atoms with Crippen LogP contribution in [0.1, 0.15) is 70.9 Å². The van der Waals surface area contributed by atoms with Crippen LogP contribution in [0, 0.1) is 5.41 Å². The summed E-state index contributed by atoms with van der Waals surface area (Å²) in [5, 5.41) is 36.6. The van der Waals surface area contributed by atoms with Crippen LogP contribution < -0.4 is 0 Å². The van der Waals surface area contributed by atoms with Crippen LogP contribution >= 0.6 is 0 Å². The van der Waals surface area contributed by atoms with Crippen LogP contribution in [0.4, 0.5) is 9.18 Å². The molecular formula is C24H34FN5O9. The molecule has 2 heterocycles. The molecule has 216 valence electrons. The first kappa shape index (κ1) is 31.3. The van der Waals surface area contributed by atoms with Crippen molar-refractivity contribution in [3.63, 3.8) is 0 Å². The molecule has 0 bridgehead atoms. The van der Waals surface area contributed by atoms with E-state index in [1.807, 2.05) is 0 Å². The normalized spacial score (nSPS) is 16.8. The first-order valence-electron chi connectivity index (χ1n) is 12.8. The molecule has 1 fully saturated rings. The Kier molecular flexibility index (Phi) is 11.0. The zero-order valence-electron chi connectivity index (χ0n) is 21.9. The molecule has 0 aliphatic carbocycles. The van der Waals surface area contributed by atoms with Crippen LogP contribution in [0.5, 0.6) is 0 Å². The van der Waals surface area contributed by atoms with Crippen LogP contribution in [0.2, 0.25) is 0 Å². The maximum absolute atomic E-state index is 13.5. The fourth-order valence-corrected chi connectivity index (χ4v) is 4.66. The number of carboxylic acid groups (broad SMARTS) is 3. The van der Waals surface area contributed by atoms with E-state index in [1.54, 1.807) is 6.20 Å². The summed E-state index contributed by atoms with van der Waals surface area (Å²) in [6, 6.07) is -4.99. The number of barbiturate groups is 1. The van der Waals surface area contributed by atoms with E-state index in [1.165, 1.54) is 18.5 Å². The van der Waals surface area contributed by atoms with Gasteiger partial charge in [-0.25, -0.2) is 24.2 Å². The Bertz CT molecular complexity index is 1090. The Morgan fingerprint density at radius 2 is 1.49 bits per heavy atom. The maximum Gasteiger partial charge on any atom is 0.335 e.